The number of anilines is 1. The minimum Gasteiger partial charge on any atom is -0.359 e. The van der Waals surface area contributed by atoms with E-state index in [1.54, 1.807) is 0 Å². The zero-order chi connectivity index (χ0) is 15.8. The van der Waals surface area contributed by atoms with Crippen LogP contribution in [0.15, 0.2) is 18.2 Å². The van der Waals surface area contributed by atoms with Crippen molar-refractivity contribution in [3.05, 3.63) is 33.9 Å². The lowest BCUT2D eigenvalue weighted by atomic mass is 10.1. The molecule has 1 saturated carbocycles. The van der Waals surface area contributed by atoms with Gasteiger partial charge in [-0.1, -0.05) is 0 Å². The molecule has 5 nitrogen and oxygen atoms in total. The van der Waals surface area contributed by atoms with E-state index in [1.807, 2.05) is 0 Å². The lowest BCUT2D eigenvalue weighted by Gasteiger charge is -2.26. The largest absolute Gasteiger partial charge is 0.405 e. The minimum absolute atomic E-state index is 0.176. The van der Waals surface area contributed by atoms with Crippen molar-refractivity contribution in [2.45, 2.75) is 32.0 Å². The molecule has 0 radical (unpaired) electrons. The number of hydrogen-bond donors (Lipinski definition) is 0. The van der Waals surface area contributed by atoms with Gasteiger partial charge in [-0.3, -0.25) is 14.9 Å². The summed E-state index contributed by atoms with van der Waals surface area (Å²) in [7, 11) is 0. The Labute approximate surface area is 118 Å². The molecule has 0 saturated heterocycles. The normalized spacial score (nSPS) is 14.9. The summed E-state index contributed by atoms with van der Waals surface area (Å²) in [5, 5.41) is 10.8. The Morgan fingerprint density at radius 1 is 1.43 bits per heavy atom. The highest BCUT2D eigenvalue weighted by molar-refractivity contribution is 5.99. The molecule has 0 unspecified atom stereocenters. The van der Waals surface area contributed by atoms with E-state index in [9.17, 15) is 28.1 Å². The SMILES string of the molecule is CC(=O)c1cc(N(CC(F)(F)F)C2CC2)ccc1[N+](=O)[O-]. The van der Waals surface area contributed by atoms with Crippen molar-refractivity contribution >= 4 is 17.2 Å². The van der Waals surface area contributed by atoms with E-state index >= 15 is 0 Å². The average molecular weight is 302 g/mol. The monoisotopic (exact) mass is 302 g/mol. The third-order valence-corrected chi connectivity index (χ3v) is 3.23. The van der Waals surface area contributed by atoms with E-state index in [1.165, 1.54) is 12.1 Å². The molecule has 0 aromatic heterocycles. The molecule has 2 rings (SSSR count). The van der Waals surface area contributed by atoms with Crippen LogP contribution in [0, 0.1) is 10.1 Å². The number of hydrogen-bond acceptors (Lipinski definition) is 4. The van der Waals surface area contributed by atoms with Crippen LogP contribution in [0.2, 0.25) is 0 Å². The summed E-state index contributed by atoms with van der Waals surface area (Å²) >= 11 is 0. The number of carbonyl (C=O) groups excluding carboxylic acids is 1. The molecule has 0 amide bonds. The van der Waals surface area contributed by atoms with Crippen LogP contribution in [0.1, 0.15) is 30.1 Å². The molecule has 1 aromatic rings. The second kappa shape index (κ2) is 5.34. The first-order valence-corrected chi connectivity index (χ1v) is 6.32. The van der Waals surface area contributed by atoms with Gasteiger partial charge in [0.25, 0.3) is 5.69 Å². The Kier molecular flexibility index (Phi) is 3.89. The number of benzene rings is 1. The third-order valence-electron chi connectivity index (χ3n) is 3.23. The quantitative estimate of drug-likeness (QED) is 0.475. The van der Waals surface area contributed by atoms with Crippen molar-refractivity contribution in [2.24, 2.45) is 0 Å². The molecule has 0 heterocycles. The maximum Gasteiger partial charge on any atom is 0.405 e. The third kappa shape index (κ3) is 3.71. The molecule has 1 aromatic carbocycles. The van der Waals surface area contributed by atoms with E-state index < -0.39 is 29.1 Å². The number of halogens is 3. The lowest BCUT2D eigenvalue weighted by Crippen LogP contribution is -2.36. The van der Waals surface area contributed by atoms with Gasteiger partial charge in [0.2, 0.25) is 0 Å². The number of nitro groups is 1. The van der Waals surface area contributed by atoms with Crippen LogP contribution < -0.4 is 4.90 Å². The molecule has 1 aliphatic rings. The Bertz CT molecular complexity index is 583. The predicted octanol–water partition coefficient (Wildman–Crippen LogP) is 3.33. The summed E-state index contributed by atoms with van der Waals surface area (Å²) < 4.78 is 37.9. The van der Waals surface area contributed by atoms with Crippen LogP contribution in [0.3, 0.4) is 0 Å². The molecule has 0 atom stereocenters. The van der Waals surface area contributed by atoms with Crippen LogP contribution in [-0.2, 0) is 0 Å². The molecule has 0 aliphatic heterocycles. The molecular weight excluding hydrogens is 289 g/mol. The summed E-state index contributed by atoms with van der Waals surface area (Å²) in [6.45, 7) is 0.0180. The number of Topliss-reactive ketones (excluding diaryl/α,β-unsaturated/α-hetero) is 1. The van der Waals surface area contributed by atoms with Gasteiger partial charge in [-0.15, -0.1) is 0 Å². The number of alkyl halides is 3. The molecule has 21 heavy (non-hydrogen) atoms. The first-order chi connectivity index (χ1) is 9.69. The Hall–Kier alpha value is -2.12. The van der Waals surface area contributed by atoms with Gasteiger partial charge in [0.15, 0.2) is 5.78 Å². The highest BCUT2D eigenvalue weighted by Gasteiger charge is 2.38. The van der Waals surface area contributed by atoms with E-state index in [0.29, 0.717) is 12.8 Å². The number of carbonyl (C=O) groups is 1. The van der Waals surface area contributed by atoms with E-state index in [4.69, 9.17) is 0 Å². The van der Waals surface area contributed by atoms with Crippen molar-refractivity contribution < 1.29 is 22.9 Å². The standard InChI is InChI=1S/C13H13F3N2O3/c1-8(19)11-6-10(4-5-12(11)18(20)21)17(9-2-3-9)7-13(14,15)16/h4-6,9H,2-3,7H2,1H3. The maximum absolute atomic E-state index is 12.6. The van der Waals surface area contributed by atoms with E-state index in [2.05, 4.69) is 0 Å². The maximum atomic E-state index is 12.6. The molecule has 0 N–H and O–H groups in total. The van der Waals surface area contributed by atoms with Gasteiger partial charge in [0.1, 0.15) is 6.54 Å². The number of nitrogens with zero attached hydrogens (tertiary/aromatic N) is 2. The fraction of sp³-hybridized carbons (Fsp3) is 0.462. The van der Waals surface area contributed by atoms with E-state index in [-0.39, 0.29) is 17.3 Å². The molecule has 114 valence electrons. The van der Waals surface area contributed by atoms with Crippen molar-refractivity contribution in [1.82, 2.24) is 0 Å². The van der Waals surface area contributed by atoms with E-state index in [0.717, 1.165) is 17.9 Å². The summed E-state index contributed by atoms with van der Waals surface area (Å²) in [6.07, 6.45) is -3.09. The highest BCUT2D eigenvalue weighted by Crippen LogP contribution is 2.36. The molecule has 1 aliphatic carbocycles. The zero-order valence-electron chi connectivity index (χ0n) is 11.2. The minimum atomic E-state index is -4.37. The van der Waals surface area contributed by atoms with Crippen LogP contribution >= 0.6 is 0 Å². The first kappa shape index (κ1) is 15.3. The summed E-state index contributed by atoms with van der Waals surface area (Å²) in [4.78, 5) is 22.7. The van der Waals surface area contributed by atoms with Crippen LogP contribution in [-0.4, -0.2) is 29.5 Å². The Morgan fingerprint density at radius 3 is 2.48 bits per heavy atom. The second-order valence-electron chi connectivity index (χ2n) is 4.99. The second-order valence-corrected chi connectivity index (χ2v) is 4.99. The van der Waals surface area contributed by atoms with Crippen LogP contribution in [0.25, 0.3) is 0 Å². The van der Waals surface area contributed by atoms with Gasteiger partial charge in [-0.25, -0.2) is 0 Å². The highest BCUT2D eigenvalue weighted by atomic mass is 19.4. The molecule has 8 heteroatoms. The lowest BCUT2D eigenvalue weighted by molar-refractivity contribution is -0.385. The summed E-state index contributed by atoms with van der Waals surface area (Å²) in [5.74, 6) is -0.550. The molecular formula is C13H13F3N2O3. The molecule has 0 spiro atoms. The van der Waals surface area contributed by atoms with Crippen LogP contribution in [0.4, 0.5) is 24.5 Å². The van der Waals surface area contributed by atoms with Crippen molar-refractivity contribution in [3.8, 4) is 0 Å². The van der Waals surface area contributed by atoms with Gasteiger partial charge in [-0.05, 0) is 31.9 Å². The van der Waals surface area contributed by atoms with Crippen molar-refractivity contribution in [3.63, 3.8) is 0 Å². The molecule has 1 fully saturated rings. The summed E-state index contributed by atoms with van der Waals surface area (Å²) in [6, 6.07) is 3.28. The van der Waals surface area contributed by atoms with Crippen molar-refractivity contribution in [2.75, 3.05) is 11.4 Å². The fourth-order valence-corrected chi connectivity index (χ4v) is 2.15. The number of nitro benzene ring substituents is 1. The van der Waals surface area contributed by atoms with Crippen LogP contribution in [0.5, 0.6) is 0 Å². The smallest absolute Gasteiger partial charge is 0.359 e. The average Bonchev–Trinajstić information content (AvgIpc) is 3.18. The topological polar surface area (TPSA) is 63.5 Å². The fourth-order valence-electron chi connectivity index (χ4n) is 2.15. The summed E-state index contributed by atoms with van der Waals surface area (Å²) in [5.41, 5.74) is -0.384. The van der Waals surface area contributed by atoms with Gasteiger partial charge in [0, 0.05) is 17.8 Å². The van der Waals surface area contributed by atoms with Gasteiger partial charge < -0.3 is 4.90 Å². The Balaban J connectivity index is 2.40. The van der Waals surface area contributed by atoms with Gasteiger partial charge in [-0.2, -0.15) is 13.2 Å². The van der Waals surface area contributed by atoms with Gasteiger partial charge in [0.05, 0.1) is 10.5 Å². The zero-order valence-corrected chi connectivity index (χ0v) is 11.2. The number of rotatable bonds is 5. The first-order valence-electron chi connectivity index (χ1n) is 6.32. The number of ketones is 1. The Morgan fingerprint density at radius 2 is 2.05 bits per heavy atom. The van der Waals surface area contributed by atoms with Gasteiger partial charge >= 0.3 is 6.18 Å². The predicted molar refractivity (Wildman–Crippen MR) is 69.5 cm³/mol. The van der Waals surface area contributed by atoms with Crippen molar-refractivity contribution in [1.29, 1.82) is 0 Å². The molecule has 0 bridgehead atoms.